The number of rotatable bonds is 3. The van der Waals surface area contributed by atoms with E-state index < -0.39 is 10.8 Å². The highest BCUT2D eigenvalue weighted by molar-refractivity contribution is 7.18. The van der Waals surface area contributed by atoms with Gasteiger partial charge in [0.05, 0.1) is 32.8 Å². The van der Waals surface area contributed by atoms with Crippen LogP contribution in [0.25, 0.3) is 10.2 Å². The first-order valence-electron chi connectivity index (χ1n) is 9.08. The number of hydrogen-bond acceptors (Lipinski definition) is 7. The fourth-order valence-corrected chi connectivity index (χ4v) is 5.31. The number of aromatic nitrogens is 1. The first-order valence-corrected chi connectivity index (χ1v) is 9.90. The van der Waals surface area contributed by atoms with Crippen molar-refractivity contribution in [1.29, 1.82) is 0 Å². The molecular formula is C21H16N2O5S. The molecule has 0 radical (unpaired) electrons. The Balaban J connectivity index is 1.81. The second-order valence-corrected chi connectivity index (χ2v) is 8.31. The van der Waals surface area contributed by atoms with E-state index in [0.29, 0.717) is 17.6 Å². The number of cyclic esters (lactones) is 1. The number of ether oxygens (including phenoxy) is 2. The standard InChI is InChI=1S/C21H16N2O5S/c1-10-22-14-5-3-11-7-13-9-28-21(24)19(13)17(18(11)20(14)29-10)12-4-6-16(27-2)15(8-12)23(25)26/h3-6,8,17H,7,9H2,1-2H3. The maximum absolute atomic E-state index is 12.6. The minimum atomic E-state index is -0.467. The number of carbonyl (C=O) groups excluding carboxylic acids is 1. The van der Waals surface area contributed by atoms with Crippen LogP contribution in [0.2, 0.25) is 0 Å². The number of fused-ring (bicyclic) bond motifs is 3. The van der Waals surface area contributed by atoms with Crippen LogP contribution in [-0.4, -0.2) is 29.6 Å². The third-order valence-corrected chi connectivity index (χ3v) is 6.51. The van der Waals surface area contributed by atoms with Crippen LogP contribution in [0.5, 0.6) is 5.75 Å². The van der Waals surface area contributed by atoms with E-state index in [1.807, 2.05) is 19.1 Å². The van der Waals surface area contributed by atoms with Crippen LogP contribution in [0.15, 0.2) is 41.5 Å². The van der Waals surface area contributed by atoms with E-state index in [0.717, 1.165) is 31.9 Å². The average Bonchev–Trinajstić information content (AvgIpc) is 3.27. The van der Waals surface area contributed by atoms with Gasteiger partial charge in [-0.25, -0.2) is 9.78 Å². The van der Waals surface area contributed by atoms with Crippen LogP contribution in [0.1, 0.15) is 27.6 Å². The number of nitrogens with zero attached hydrogens (tertiary/aromatic N) is 2. The molecule has 1 aromatic heterocycles. The van der Waals surface area contributed by atoms with E-state index in [4.69, 9.17) is 9.47 Å². The van der Waals surface area contributed by atoms with Gasteiger partial charge in [-0.05, 0) is 47.7 Å². The normalized spacial score (nSPS) is 17.9. The van der Waals surface area contributed by atoms with Gasteiger partial charge in [-0.1, -0.05) is 12.1 Å². The lowest BCUT2D eigenvalue weighted by atomic mass is 9.75. The first kappa shape index (κ1) is 17.8. The molecular weight excluding hydrogens is 392 g/mol. The van der Waals surface area contributed by atoms with E-state index in [1.165, 1.54) is 13.2 Å². The molecule has 0 saturated heterocycles. The Bertz CT molecular complexity index is 1240. The Hall–Kier alpha value is -3.26. The van der Waals surface area contributed by atoms with E-state index in [-0.39, 0.29) is 24.0 Å². The molecule has 2 aromatic carbocycles. The third-order valence-electron chi connectivity index (χ3n) is 5.49. The quantitative estimate of drug-likeness (QED) is 0.369. The number of aryl methyl sites for hydroxylation is 1. The second kappa shape index (κ2) is 6.38. The Morgan fingerprint density at radius 1 is 1.31 bits per heavy atom. The maximum Gasteiger partial charge on any atom is 0.335 e. The summed E-state index contributed by atoms with van der Waals surface area (Å²) in [4.78, 5) is 28.3. The summed E-state index contributed by atoms with van der Waals surface area (Å²) in [5.41, 5.74) is 5.03. The lowest BCUT2D eigenvalue weighted by Gasteiger charge is -2.26. The number of nitro groups is 1. The molecule has 5 rings (SSSR count). The Labute approximate surface area is 169 Å². The van der Waals surface area contributed by atoms with E-state index >= 15 is 0 Å². The van der Waals surface area contributed by atoms with Crippen molar-refractivity contribution in [2.75, 3.05) is 13.7 Å². The van der Waals surface area contributed by atoms with Crippen molar-refractivity contribution in [3.8, 4) is 5.75 Å². The van der Waals surface area contributed by atoms with E-state index in [2.05, 4.69) is 4.98 Å². The van der Waals surface area contributed by atoms with Gasteiger partial charge in [0, 0.05) is 12.0 Å². The van der Waals surface area contributed by atoms with Crippen LogP contribution in [-0.2, 0) is 16.0 Å². The largest absolute Gasteiger partial charge is 0.490 e. The molecule has 0 bridgehead atoms. The fourth-order valence-electron chi connectivity index (χ4n) is 4.29. The zero-order chi connectivity index (χ0) is 20.3. The van der Waals surface area contributed by atoms with Gasteiger partial charge in [-0.15, -0.1) is 11.3 Å². The van der Waals surface area contributed by atoms with Crippen LogP contribution in [0.3, 0.4) is 0 Å². The molecule has 146 valence electrons. The van der Waals surface area contributed by atoms with Gasteiger partial charge in [0.25, 0.3) is 0 Å². The van der Waals surface area contributed by atoms with Crippen LogP contribution in [0, 0.1) is 17.0 Å². The summed E-state index contributed by atoms with van der Waals surface area (Å²) in [7, 11) is 1.40. The van der Waals surface area contributed by atoms with Gasteiger partial charge in [0.2, 0.25) is 0 Å². The number of hydrogen-bond donors (Lipinski definition) is 0. The molecule has 1 atom stereocenters. The number of carbonyl (C=O) groups is 1. The van der Waals surface area contributed by atoms with Crippen molar-refractivity contribution >= 4 is 33.2 Å². The number of nitro benzene ring substituents is 1. The summed E-state index contributed by atoms with van der Waals surface area (Å²) >= 11 is 1.57. The Morgan fingerprint density at radius 3 is 2.90 bits per heavy atom. The summed E-state index contributed by atoms with van der Waals surface area (Å²) in [6.07, 6.45) is 0.637. The van der Waals surface area contributed by atoms with E-state index in [9.17, 15) is 14.9 Å². The van der Waals surface area contributed by atoms with Gasteiger partial charge in [0.15, 0.2) is 5.75 Å². The zero-order valence-corrected chi connectivity index (χ0v) is 16.5. The highest BCUT2D eigenvalue weighted by atomic mass is 32.1. The molecule has 0 N–H and O–H groups in total. The molecule has 0 amide bonds. The van der Waals surface area contributed by atoms with Gasteiger partial charge < -0.3 is 9.47 Å². The van der Waals surface area contributed by atoms with Gasteiger partial charge in [-0.3, -0.25) is 10.1 Å². The Morgan fingerprint density at radius 2 is 2.14 bits per heavy atom. The minimum Gasteiger partial charge on any atom is -0.490 e. The molecule has 0 saturated carbocycles. The predicted octanol–water partition coefficient (Wildman–Crippen LogP) is 4.06. The summed E-state index contributed by atoms with van der Waals surface area (Å²) in [6, 6.07) is 8.90. The molecule has 8 heteroatoms. The number of thiazole rings is 1. The van der Waals surface area contributed by atoms with Crippen LogP contribution >= 0.6 is 11.3 Å². The number of methoxy groups -OCH3 is 1. The molecule has 7 nitrogen and oxygen atoms in total. The van der Waals surface area contributed by atoms with Crippen molar-refractivity contribution in [2.45, 2.75) is 19.3 Å². The summed E-state index contributed by atoms with van der Waals surface area (Å²) in [5, 5.41) is 12.5. The van der Waals surface area contributed by atoms with Crippen molar-refractivity contribution in [2.24, 2.45) is 0 Å². The van der Waals surface area contributed by atoms with Crippen LogP contribution in [0.4, 0.5) is 5.69 Å². The molecule has 1 unspecified atom stereocenters. The number of benzene rings is 2. The molecule has 3 aromatic rings. The Kier molecular flexibility index (Phi) is 3.92. The lowest BCUT2D eigenvalue weighted by Crippen LogP contribution is -2.18. The zero-order valence-electron chi connectivity index (χ0n) is 15.7. The molecule has 0 fully saturated rings. The molecule has 0 spiro atoms. The van der Waals surface area contributed by atoms with Crippen molar-refractivity contribution in [1.82, 2.24) is 4.98 Å². The fraction of sp³-hybridized carbons (Fsp3) is 0.238. The van der Waals surface area contributed by atoms with E-state index in [1.54, 1.807) is 23.5 Å². The maximum atomic E-state index is 12.6. The molecule has 1 aliphatic carbocycles. The number of esters is 1. The highest BCUT2D eigenvalue weighted by Gasteiger charge is 2.40. The SMILES string of the molecule is COc1ccc(C2C3=C(COC3=O)Cc3ccc4nc(C)sc4c32)cc1[N+](=O)[O-]. The van der Waals surface area contributed by atoms with Gasteiger partial charge in [0.1, 0.15) is 6.61 Å². The minimum absolute atomic E-state index is 0.127. The highest BCUT2D eigenvalue weighted by Crippen LogP contribution is 2.48. The van der Waals surface area contributed by atoms with Crippen molar-refractivity contribution < 1.29 is 19.2 Å². The lowest BCUT2D eigenvalue weighted by molar-refractivity contribution is -0.385. The molecule has 29 heavy (non-hydrogen) atoms. The summed E-state index contributed by atoms with van der Waals surface area (Å²) < 4.78 is 11.5. The summed E-state index contributed by atoms with van der Waals surface area (Å²) in [5.74, 6) is -0.603. The smallest absolute Gasteiger partial charge is 0.335 e. The van der Waals surface area contributed by atoms with Gasteiger partial charge in [-0.2, -0.15) is 0 Å². The second-order valence-electron chi connectivity index (χ2n) is 7.11. The predicted molar refractivity (Wildman–Crippen MR) is 108 cm³/mol. The summed E-state index contributed by atoms with van der Waals surface area (Å²) in [6.45, 7) is 2.21. The molecule has 2 heterocycles. The third kappa shape index (κ3) is 2.63. The van der Waals surface area contributed by atoms with Gasteiger partial charge >= 0.3 is 11.7 Å². The van der Waals surface area contributed by atoms with Crippen LogP contribution < -0.4 is 4.74 Å². The van der Waals surface area contributed by atoms with Crippen molar-refractivity contribution in [3.63, 3.8) is 0 Å². The monoisotopic (exact) mass is 408 g/mol. The molecule has 1 aliphatic heterocycles. The van der Waals surface area contributed by atoms with Crippen molar-refractivity contribution in [3.05, 3.63) is 73.3 Å². The molecule has 2 aliphatic rings. The topological polar surface area (TPSA) is 91.6 Å². The first-order chi connectivity index (χ1) is 14.0. The average molecular weight is 408 g/mol.